The van der Waals surface area contributed by atoms with Crippen LogP contribution in [0.25, 0.3) is 0 Å². The minimum atomic E-state index is -4.35. The van der Waals surface area contributed by atoms with Crippen LogP contribution < -0.4 is 10.6 Å². The number of benzene rings is 2. The summed E-state index contributed by atoms with van der Waals surface area (Å²) in [6.07, 6.45) is -4.18. The van der Waals surface area contributed by atoms with Crippen LogP contribution >= 0.6 is 0 Å². The van der Waals surface area contributed by atoms with Crippen molar-refractivity contribution in [2.24, 2.45) is 0 Å². The maximum absolute atomic E-state index is 12.1. The average molecular weight is 438 g/mol. The number of hydrogen-bond donors (Lipinski definition) is 2. The molecule has 0 aliphatic heterocycles. The van der Waals surface area contributed by atoms with Gasteiger partial charge in [0.25, 0.3) is 0 Å². The highest BCUT2D eigenvalue weighted by Crippen LogP contribution is 2.15. The first-order chi connectivity index (χ1) is 14.8. The standard InChI is InChI=1S/C22H25F3N2O4/c23-22(24,25)16-30-14-19-10-8-17(9-11-19)13-27-20(28)7-4-12-26-21(29)31-15-18-5-2-1-3-6-18/h1-3,5-6,8-11H,4,7,12-16H2,(H,26,29)(H,27,28). The molecule has 0 aromatic heterocycles. The molecule has 0 aliphatic carbocycles. The number of carbonyl (C=O) groups excluding carboxylic acids is 2. The van der Waals surface area contributed by atoms with Gasteiger partial charge in [0.2, 0.25) is 5.91 Å². The predicted octanol–water partition coefficient (Wildman–Crippen LogP) is 4.09. The van der Waals surface area contributed by atoms with Crippen LogP contribution in [0.4, 0.5) is 18.0 Å². The van der Waals surface area contributed by atoms with E-state index in [2.05, 4.69) is 15.4 Å². The Hall–Kier alpha value is -3.07. The van der Waals surface area contributed by atoms with Gasteiger partial charge in [0.05, 0.1) is 6.61 Å². The summed E-state index contributed by atoms with van der Waals surface area (Å²) in [7, 11) is 0. The van der Waals surface area contributed by atoms with E-state index >= 15 is 0 Å². The van der Waals surface area contributed by atoms with Gasteiger partial charge in [-0.3, -0.25) is 4.79 Å². The van der Waals surface area contributed by atoms with Crippen LogP contribution in [0.2, 0.25) is 0 Å². The third-order valence-electron chi connectivity index (χ3n) is 4.11. The Kier molecular flexibility index (Phi) is 9.83. The molecule has 2 N–H and O–H groups in total. The summed E-state index contributed by atoms with van der Waals surface area (Å²) in [5.41, 5.74) is 2.32. The fourth-order valence-corrected chi connectivity index (χ4v) is 2.54. The lowest BCUT2D eigenvalue weighted by molar-refractivity contribution is -0.176. The van der Waals surface area contributed by atoms with Gasteiger partial charge in [-0.2, -0.15) is 13.2 Å². The highest BCUT2D eigenvalue weighted by molar-refractivity contribution is 5.76. The normalized spacial score (nSPS) is 11.1. The Morgan fingerprint density at radius 1 is 0.839 bits per heavy atom. The first-order valence-corrected chi connectivity index (χ1v) is 9.75. The second-order valence-electron chi connectivity index (χ2n) is 6.79. The molecular weight excluding hydrogens is 413 g/mol. The number of halogens is 3. The van der Waals surface area contributed by atoms with Gasteiger partial charge in [-0.25, -0.2) is 4.79 Å². The van der Waals surface area contributed by atoms with E-state index < -0.39 is 18.9 Å². The van der Waals surface area contributed by atoms with Gasteiger partial charge >= 0.3 is 12.3 Å². The Morgan fingerprint density at radius 3 is 2.16 bits per heavy atom. The van der Waals surface area contributed by atoms with Gasteiger partial charge in [0.15, 0.2) is 0 Å². The molecule has 168 valence electrons. The highest BCUT2D eigenvalue weighted by Gasteiger charge is 2.27. The number of alkyl halides is 3. The third-order valence-corrected chi connectivity index (χ3v) is 4.11. The van der Waals surface area contributed by atoms with E-state index in [1.807, 2.05) is 30.3 Å². The fraction of sp³-hybridized carbons (Fsp3) is 0.364. The highest BCUT2D eigenvalue weighted by atomic mass is 19.4. The molecule has 0 fully saturated rings. The van der Waals surface area contributed by atoms with Crippen molar-refractivity contribution in [3.63, 3.8) is 0 Å². The molecule has 2 aromatic carbocycles. The zero-order valence-electron chi connectivity index (χ0n) is 16.9. The van der Waals surface area contributed by atoms with Gasteiger partial charge in [-0.1, -0.05) is 54.6 Å². The van der Waals surface area contributed by atoms with Crippen molar-refractivity contribution < 1.29 is 32.2 Å². The SMILES string of the molecule is O=C(CCCNC(=O)OCc1ccccc1)NCc1ccc(COCC(F)(F)F)cc1. The largest absolute Gasteiger partial charge is 0.445 e. The van der Waals surface area contributed by atoms with E-state index in [0.717, 1.165) is 11.1 Å². The summed E-state index contributed by atoms with van der Waals surface area (Å²) in [4.78, 5) is 23.5. The molecule has 0 spiro atoms. The van der Waals surface area contributed by atoms with Crippen LogP contribution in [0.3, 0.4) is 0 Å². The molecule has 0 atom stereocenters. The molecule has 6 nitrogen and oxygen atoms in total. The average Bonchev–Trinajstić information content (AvgIpc) is 2.74. The molecule has 0 heterocycles. The van der Waals surface area contributed by atoms with Crippen molar-refractivity contribution in [1.29, 1.82) is 0 Å². The molecule has 9 heteroatoms. The molecule has 0 bridgehead atoms. The van der Waals surface area contributed by atoms with E-state index in [1.165, 1.54) is 0 Å². The van der Waals surface area contributed by atoms with Crippen molar-refractivity contribution >= 4 is 12.0 Å². The first-order valence-electron chi connectivity index (χ1n) is 9.75. The third kappa shape index (κ3) is 11.0. The lowest BCUT2D eigenvalue weighted by Gasteiger charge is -2.09. The quantitative estimate of drug-likeness (QED) is 0.518. The summed E-state index contributed by atoms with van der Waals surface area (Å²) in [6.45, 7) is -0.625. The van der Waals surface area contributed by atoms with Crippen LogP contribution in [-0.2, 0) is 34.0 Å². The molecule has 0 unspecified atom stereocenters. The molecule has 31 heavy (non-hydrogen) atoms. The number of alkyl carbamates (subject to hydrolysis) is 1. The van der Waals surface area contributed by atoms with Crippen LogP contribution in [-0.4, -0.2) is 31.3 Å². The molecule has 2 aromatic rings. The molecule has 0 radical (unpaired) electrons. The fourth-order valence-electron chi connectivity index (χ4n) is 2.54. The number of amides is 2. The van der Waals surface area contributed by atoms with Crippen LogP contribution in [0.15, 0.2) is 54.6 Å². The van der Waals surface area contributed by atoms with Gasteiger partial charge in [-0.05, 0) is 23.1 Å². The van der Waals surface area contributed by atoms with Crippen molar-refractivity contribution in [2.45, 2.75) is 38.8 Å². The molecule has 0 aliphatic rings. The minimum Gasteiger partial charge on any atom is -0.445 e. The number of nitrogens with one attached hydrogen (secondary N) is 2. The van der Waals surface area contributed by atoms with E-state index in [0.29, 0.717) is 25.1 Å². The smallest absolute Gasteiger partial charge is 0.411 e. The zero-order valence-corrected chi connectivity index (χ0v) is 16.9. The number of ether oxygens (including phenoxy) is 2. The van der Waals surface area contributed by atoms with Gasteiger partial charge in [0, 0.05) is 19.5 Å². The molecule has 0 saturated carbocycles. The lowest BCUT2D eigenvalue weighted by atomic mass is 10.1. The molecule has 2 amide bonds. The topological polar surface area (TPSA) is 76.7 Å². The van der Waals surface area contributed by atoms with Crippen LogP contribution in [0.5, 0.6) is 0 Å². The van der Waals surface area contributed by atoms with Gasteiger partial charge in [0.1, 0.15) is 13.2 Å². The Labute approximate surface area is 178 Å². The second-order valence-corrected chi connectivity index (χ2v) is 6.79. The summed E-state index contributed by atoms with van der Waals surface area (Å²) < 4.78 is 45.8. The Bertz CT molecular complexity index is 812. The number of hydrogen-bond acceptors (Lipinski definition) is 4. The maximum atomic E-state index is 12.1. The van der Waals surface area contributed by atoms with Crippen molar-refractivity contribution in [1.82, 2.24) is 10.6 Å². The van der Waals surface area contributed by atoms with Crippen molar-refractivity contribution in [3.8, 4) is 0 Å². The number of carbonyl (C=O) groups is 2. The van der Waals surface area contributed by atoms with Crippen molar-refractivity contribution in [3.05, 3.63) is 71.3 Å². The summed E-state index contributed by atoms with van der Waals surface area (Å²) in [6, 6.07) is 16.0. The molecular formula is C22H25F3N2O4. The summed E-state index contributed by atoms with van der Waals surface area (Å²) in [5.74, 6) is -0.169. The molecule has 0 saturated heterocycles. The zero-order chi connectivity index (χ0) is 22.5. The molecule has 2 rings (SSSR count). The van der Waals surface area contributed by atoms with Gasteiger partial charge < -0.3 is 20.1 Å². The van der Waals surface area contributed by atoms with Crippen LogP contribution in [0, 0.1) is 0 Å². The Morgan fingerprint density at radius 2 is 1.48 bits per heavy atom. The van der Waals surface area contributed by atoms with Gasteiger partial charge in [-0.15, -0.1) is 0 Å². The number of rotatable bonds is 11. The predicted molar refractivity (Wildman–Crippen MR) is 108 cm³/mol. The van der Waals surface area contributed by atoms with E-state index in [9.17, 15) is 22.8 Å². The van der Waals surface area contributed by atoms with Crippen LogP contribution in [0.1, 0.15) is 29.5 Å². The van der Waals surface area contributed by atoms with E-state index in [4.69, 9.17) is 4.74 Å². The van der Waals surface area contributed by atoms with E-state index in [1.54, 1.807) is 24.3 Å². The minimum absolute atomic E-state index is 0.132. The van der Waals surface area contributed by atoms with Crippen molar-refractivity contribution in [2.75, 3.05) is 13.2 Å². The summed E-state index contributed by atoms with van der Waals surface area (Å²) >= 11 is 0. The van der Waals surface area contributed by atoms with E-state index in [-0.39, 0.29) is 25.5 Å². The summed E-state index contributed by atoms with van der Waals surface area (Å²) in [5, 5.41) is 5.34. The lowest BCUT2D eigenvalue weighted by Crippen LogP contribution is -2.27. The monoisotopic (exact) mass is 438 g/mol. The second kappa shape index (κ2) is 12.6. The Balaban J connectivity index is 1.54. The maximum Gasteiger partial charge on any atom is 0.411 e. The first kappa shape index (κ1) is 24.2.